The molecule has 4 atom stereocenters. The van der Waals surface area contributed by atoms with E-state index >= 15 is 0 Å². The summed E-state index contributed by atoms with van der Waals surface area (Å²) in [5.41, 5.74) is -0.536. The molecule has 0 amide bonds. The average Bonchev–Trinajstić information content (AvgIpc) is 3.21. The highest BCUT2D eigenvalue weighted by Gasteiger charge is 2.53. The van der Waals surface area contributed by atoms with Gasteiger partial charge >= 0.3 is 0 Å². The van der Waals surface area contributed by atoms with Crippen LogP contribution in [0.5, 0.6) is 0 Å². The van der Waals surface area contributed by atoms with Gasteiger partial charge < -0.3 is 20.1 Å². The second-order valence-corrected chi connectivity index (χ2v) is 7.71. The van der Waals surface area contributed by atoms with E-state index in [2.05, 4.69) is 15.2 Å². The number of hydrogen-bond acceptors (Lipinski definition) is 3. The van der Waals surface area contributed by atoms with E-state index < -0.39 is 5.60 Å². The number of nitrogens with zero attached hydrogens (tertiary/aromatic N) is 2. The second kappa shape index (κ2) is 7.04. The Hall–Kier alpha value is -0.0800. The third kappa shape index (κ3) is 3.35. The molecule has 1 saturated carbocycles. The topological polar surface area (TPSA) is 57.1 Å². The van der Waals surface area contributed by atoms with Crippen LogP contribution in [0.4, 0.5) is 0 Å². The lowest BCUT2D eigenvalue weighted by Gasteiger charge is -2.34. The smallest absolute Gasteiger partial charge is 0.193 e. The van der Waals surface area contributed by atoms with Crippen molar-refractivity contribution in [2.24, 2.45) is 16.8 Å². The third-order valence-corrected chi connectivity index (χ3v) is 6.32. The van der Waals surface area contributed by atoms with Crippen LogP contribution in [-0.4, -0.2) is 60.5 Å². The minimum Gasteiger partial charge on any atom is -0.388 e. The van der Waals surface area contributed by atoms with Gasteiger partial charge in [0.05, 0.1) is 17.8 Å². The standard InChI is InChI=1S/C17H29N3O2.HI/c1-18-16(19-11-17(21)7-3-2-4-8-17)20-9-12-13(10-20)15-6-5-14(12)22-15;/h12-15,21H,2-11H2,1H3,(H,18,19);1H. The molecule has 23 heavy (non-hydrogen) atoms. The maximum absolute atomic E-state index is 10.7. The SMILES string of the molecule is CN=C(NCC1(O)CCCCC1)N1CC2C3CCC(O3)C2C1.I. The number of likely N-dealkylation sites (tertiary alicyclic amines) is 1. The molecular formula is C17H30IN3O2. The first kappa shape index (κ1) is 17.7. The molecule has 4 unspecified atom stereocenters. The molecule has 3 heterocycles. The maximum atomic E-state index is 10.7. The predicted octanol–water partition coefficient (Wildman–Crippen LogP) is 1.98. The quantitative estimate of drug-likeness (QED) is 0.396. The molecule has 5 nitrogen and oxygen atoms in total. The number of aliphatic hydroxyl groups is 1. The maximum Gasteiger partial charge on any atom is 0.193 e. The highest BCUT2D eigenvalue weighted by molar-refractivity contribution is 14.0. The lowest BCUT2D eigenvalue weighted by atomic mass is 9.82. The Bertz CT molecular complexity index is 435. The monoisotopic (exact) mass is 435 g/mol. The fourth-order valence-electron chi connectivity index (χ4n) is 5.10. The summed E-state index contributed by atoms with van der Waals surface area (Å²) in [5, 5.41) is 14.1. The number of aliphatic imine (C=N–C) groups is 1. The molecule has 4 aliphatic rings. The first-order valence-electron chi connectivity index (χ1n) is 9.02. The van der Waals surface area contributed by atoms with Gasteiger partial charge in [0, 0.05) is 38.5 Å². The Morgan fingerprint density at radius 2 is 1.78 bits per heavy atom. The van der Waals surface area contributed by atoms with Gasteiger partial charge in [-0.25, -0.2) is 0 Å². The van der Waals surface area contributed by atoms with Crippen LogP contribution < -0.4 is 5.32 Å². The largest absolute Gasteiger partial charge is 0.388 e. The molecule has 2 N–H and O–H groups in total. The fourth-order valence-corrected chi connectivity index (χ4v) is 5.10. The van der Waals surface area contributed by atoms with Crippen LogP contribution in [-0.2, 0) is 4.74 Å². The molecule has 0 aromatic rings. The van der Waals surface area contributed by atoms with Crippen molar-refractivity contribution < 1.29 is 9.84 Å². The summed E-state index contributed by atoms with van der Waals surface area (Å²) in [5.74, 6) is 2.35. The van der Waals surface area contributed by atoms with E-state index in [1.54, 1.807) is 0 Å². The number of hydrogen-bond donors (Lipinski definition) is 2. The van der Waals surface area contributed by atoms with Gasteiger partial charge in [0.1, 0.15) is 0 Å². The Morgan fingerprint density at radius 3 is 2.35 bits per heavy atom. The van der Waals surface area contributed by atoms with Crippen molar-refractivity contribution in [1.82, 2.24) is 10.2 Å². The van der Waals surface area contributed by atoms with Crippen LogP contribution >= 0.6 is 24.0 Å². The minimum absolute atomic E-state index is 0. The van der Waals surface area contributed by atoms with E-state index in [-0.39, 0.29) is 24.0 Å². The lowest BCUT2D eigenvalue weighted by Crippen LogP contribution is -2.49. The molecule has 0 spiro atoms. The van der Waals surface area contributed by atoms with Crippen molar-refractivity contribution in [2.75, 3.05) is 26.7 Å². The summed E-state index contributed by atoms with van der Waals surface area (Å²) < 4.78 is 6.05. The molecule has 0 aromatic heterocycles. The Kier molecular flexibility index (Phi) is 5.43. The highest BCUT2D eigenvalue weighted by Crippen LogP contribution is 2.47. The van der Waals surface area contributed by atoms with Crippen LogP contribution in [0.1, 0.15) is 44.9 Å². The van der Waals surface area contributed by atoms with Crippen LogP contribution in [0.3, 0.4) is 0 Å². The fraction of sp³-hybridized carbons (Fsp3) is 0.941. The molecule has 2 bridgehead atoms. The van der Waals surface area contributed by atoms with Crippen molar-refractivity contribution in [2.45, 2.75) is 62.8 Å². The highest BCUT2D eigenvalue weighted by atomic mass is 127. The molecule has 132 valence electrons. The van der Waals surface area contributed by atoms with Crippen molar-refractivity contribution in [1.29, 1.82) is 0 Å². The van der Waals surface area contributed by atoms with Crippen LogP contribution in [0.15, 0.2) is 4.99 Å². The zero-order valence-electron chi connectivity index (χ0n) is 14.0. The van der Waals surface area contributed by atoms with E-state index in [9.17, 15) is 5.11 Å². The molecular weight excluding hydrogens is 405 g/mol. The van der Waals surface area contributed by atoms with E-state index in [1.165, 1.54) is 19.3 Å². The molecule has 0 radical (unpaired) electrons. The van der Waals surface area contributed by atoms with Gasteiger partial charge in [-0.05, 0) is 25.7 Å². The first-order valence-corrected chi connectivity index (χ1v) is 9.02. The zero-order valence-corrected chi connectivity index (χ0v) is 16.4. The van der Waals surface area contributed by atoms with Crippen molar-refractivity contribution in [3.8, 4) is 0 Å². The van der Waals surface area contributed by atoms with Gasteiger partial charge in [0.15, 0.2) is 5.96 Å². The molecule has 4 rings (SSSR count). The Labute approximate surface area is 156 Å². The normalized spacial score (nSPS) is 38.3. The van der Waals surface area contributed by atoms with Crippen molar-refractivity contribution in [3.63, 3.8) is 0 Å². The van der Waals surface area contributed by atoms with Gasteiger partial charge in [0.25, 0.3) is 0 Å². The predicted molar refractivity (Wildman–Crippen MR) is 101 cm³/mol. The summed E-state index contributed by atoms with van der Waals surface area (Å²) in [6.45, 7) is 2.75. The van der Waals surface area contributed by atoms with E-state index in [4.69, 9.17) is 4.74 Å². The Morgan fingerprint density at radius 1 is 1.17 bits per heavy atom. The van der Waals surface area contributed by atoms with Gasteiger partial charge in [0.2, 0.25) is 0 Å². The number of fused-ring (bicyclic) bond motifs is 5. The van der Waals surface area contributed by atoms with Gasteiger partial charge in [-0.3, -0.25) is 4.99 Å². The molecule has 3 aliphatic heterocycles. The summed E-state index contributed by atoms with van der Waals surface area (Å²) in [4.78, 5) is 6.85. The number of ether oxygens (including phenoxy) is 1. The minimum atomic E-state index is -0.536. The van der Waals surface area contributed by atoms with Crippen LogP contribution in [0.25, 0.3) is 0 Å². The van der Waals surface area contributed by atoms with E-state index in [0.29, 0.717) is 30.6 Å². The van der Waals surface area contributed by atoms with Crippen LogP contribution in [0, 0.1) is 11.8 Å². The molecule has 0 aromatic carbocycles. The van der Waals surface area contributed by atoms with Crippen molar-refractivity contribution >= 4 is 29.9 Å². The summed E-state index contributed by atoms with van der Waals surface area (Å²) >= 11 is 0. The van der Waals surface area contributed by atoms with E-state index in [1.807, 2.05) is 7.05 Å². The second-order valence-electron chi connectivity index (χ2n) is 7.71. The van der Waals surface area contributed by atoms with Gasteiger partial charge in [-0.2, -0.15) is 0 Å². The van der Waals surface area contributed by atoms with E-state index in [0.717, 1.165) is 44.7 Å². The molecule has 6 heteroatoms. The molecule has 3 saturated heterocycles. The summed E-state index contributed by atoms with van der Waals surface area (Å²) in [6, 6.07) is 0. The first-order chi connectivity index (χ1) is 10.7. The summed E-state index contributed by atoms with van der Waals surface area (Å²) in [6.07, 6.45) is 8.84. The summed E-state index contributed by atoms with van der Waals surface area (Å²) in [7, 11) is 1.85. The average molecular weight is 435 g/mol. The van der Waals surface area contributed by atoms with Gasteiger partial charge in [-0.1, -0.05) is 19.3 Å². The van der Waals surface area contributed by atoms with Crippen molar-refractivity contribution in [3.05, 3.63) is 0 Å². The lowest BCUT2D eigenvalue weighted by molar-refractivity contribution is 0.00804. The van der Waals surface area contributed by atoms with Crippen LogP contribution in [0.2, 0.25) is 0 Å². The number of halogens is 1. The number of nitrogens with one attached hydrogen (secondary N) is 1. The number of rotatable bonds is 2. The Balaban J connectivity index is 0.00000156. The zero-order chi connectivity index (χ0) is 15.2. The van der Waals surface area contributed by atoms with Gasteiger partial charge in [-0.15, -0.1) is 24.0 Å². The molecule has 1 aliphatic carbocycles. The number of guanidine groups is 1. The molecule has 4 fully saturated rings. The third-order valence-electron chi connectivity index (χ3n) is 6.32.